The van der Waals surface area contributed by atoms with E-state index in [9.17, 15) is 4.79 Å². The van der Waals surface area contributed by atoms with Crippen LogP contribution in [0.2, 0.25) is 0 Å². The lowest BCUT2D eigenvalue weighted by Crippen LogP contribution is -2.42. The summed E-state index contributed by atoms with van der Waals surface area (Å²) in [5, 5.41) is 11.1. The Labute approximate surface area is 164 Å². The molecule has 0 aliphatic carbocycles. The van der Waals surface area contributed by atoms with E-state index in [0.29, 0.717) is 17.0 Å². The van der Waals surface area contributed by atoms with Gasteiger partial charge in [0.15, 0.2) is 5.76 Å². The molecule has 2 N–H and O–H groups in total. The molecule has 0 radical (unpaired) electrons. The van der Waals surface area contributed by atoms with Crippen LogP contribution in [0.5, 0.6) is 0 Å². The van der Waals surface area contributed by atoms with Crippen LogP contribution in [0.3, 0.4) is 0 Å². The minimum Gasteiger partial charge on any atom is -0.460 e. The maximum Gasteiger partial charge on any atom is 0.255 e. The molecule has 1 saturated heterocycles. The highest BCUT2D eigenvalue weighted by molar-refractivity contribution is 5.99. The zero-order valence-electron chi connectivity index (χ0n) is 15.1. The van der Waals surface area contributed by atoms with Crippen LogP contribution in [0.15, 0.2) is 53.1 Å². The number of rotatable bonds is 4. The van der Waals surface area contributed by atoms with E-state index < -0.39 is 0 Å². The zero-order valence-corrected chi connectivity index (χ0v) is 16.0. The van der Waals surface area contributed by atoms with Gasteiger partial charge in [0.25, 0.3) is 5.91 Å². The van der Waals surface area contributed by atoms with Gasteiger partial charge in [-0.05, 0) is 57.1 Å². The predicted molar refractivity (Wildman–Crippen MR) is 107 cm³/mol. The maximum atomic E-state index is 12.9. The van der Waals surface area contributed by atoms with E-state index in [1.807, 2.05) is 49.4 Å². The minimum atomic E-state index is -0.108. The molecular formula is C20H23ClN4O2. The van der Waals surface area contributed by atoms with Crippen LogP contribution in [-0.2, 0) is 0 Å². The van der Waals surface area contributed by atoms with Gasteiger partial charge in [0.1, 0.15) is 11.5 Å². The highest BCUT2D eigenvalue weighted by Crippen LogP contribution is 2.26. The van der Waals surface area contributed by atoms with Crippen LogP contribution in [-0.4, -0.2) is 34.8 Å². The summed E-state index contributed by atoms with van der Waals surface area (Å²) in [7, 11) is 0. The van der Waals surface area contributed by atoms with Gasteiger partial charge in [0.05, 0.1) is 11.3 Å². The van der Waals surface area contributed by atoms with Crippen molar-refractivity contribution in [3.8, 4) is 17.1 Å². The number of aryl methyl sites for hydroxylation is 1. The van der Waals surface area contributed by atoms with Gasteiger partial charge in [-0.1, -0.05) is 18.2 Å². The number of carbonyl (C=O) groups excluding carboxylic acids is 1. The lowest BCUT2D eigenvalue weighted by molar-refractivity contribution is 0.0930. The van der Waals surface area contributed by atoms with Gasteiger partial charge in [-0.3, -0.25) is 4.79 Å². The number of halogens is 1. The molecule has 0 bridgehead atoms. The molecule has 0 atom stereocenters. The molecule has 0 spiro atoms. The number of benzene rings is 1. The second-order valence-electron chi connectivity index (χ2n) is 6.58. The van der Waals surface area contributed by atoms with Gasteiger partial charge in [-0.15, -0.1) is 12.4 Å². The van der Waals surface area contributed by atoms with E-state index in [1.165, 1.54) is 0 Å². The van der Waals surface area contributed by atoms with Crippen molar-refractivity contribution in [1.29, 1.82) is 0 Å². The monoisotopic (exact) mass is 386 g/mol. The third kappa shape index (κ3) is 4.23. The number of hydrogen-bond acceptors (Lipinski definition) is 4. The van der Waals surface area contributed by atoms with E-state index in [4.69, 9.17) is 4.42 Å². The molecule has 4 rings (SSSR count). The van der Waals surface area contributed by atoms with Gasteiger partial charge in [0, 0.05) is 12.2 Å². The number of piperidine rings is 1. The molecule has 3 heterocycles. The van der Waals surface area contributed by atoms with Crippen LogP contribution >= 0.6 is 12.4 Å². The molecular weight excluding hydrogens is 364 g/mol. The number of hydrogen-bond donors (Lipinski definition) is 2. The first-order chi connectivity index (χ1) is 12.7. The summed E-state index contributed by atoms with van der Waals surface area (Å²) in [6, 6.07) is 13.7. The summed E-state index contributed by atoms with van der Waals surface area (Å²) in [6.45, 7) is 3.74. The standard InChI is InChI=1S/C20H22N4O2.ClH/c1-14-7-8-18(26-14)19-17(20(25)22-15-9-11-21-12-10-15)13-24(23-19)16-5-3-2-4-6-16;/h2-8,13,15,21H,9-12H2,1H3,(H,22,25);1H. The largest absolute Gasteiger partial charge is 0.460 e. The summed E-state index contributed by atoms with van der Waals surface area (Å²) in [5.74, 6) is 1.29. The van der Waals surface area contributed by atoms with Crippen molar-refractivity contribution >= 4 is 18.3 Å². The molecule has 142 valence electrons. The van der Waals surface area contributed by atoms with Crippen molar-refractivity contribution in [2.75, 3.05) is 13.1 Å². The number of nitrogens with zero attached hydrogens (tertiary/aromatic N) is 2. The fraction of sp³-hybridized carbons (Fsp3) is 0.300. The smallest absolute Gasteiger partial charge is 0.255 e. The summed E-state index contributed by atoms with van der Waals surface area (Å²) in [4.78, 5) is 12.9. The average molecular weight is 387 g/mol. The van der Waals surface area contributed by atoms with E-state index in [-0.39, 0.29) is 24.4 Å². The Morgan fingerprint density at radius 3 is 2.59 bits per heavy atom. The molecule has 6 nitrogen and oxygen atoms in total. The first kappa shape index (κ1) is 19.2. The molecule has 7 heteroatoms. The third-order valence-corrected chi connectivity index (χ3v) is 4.63. The lowest BCUT2D eigenvalue weighted by atomic mass is 10.1. The molecule has 1 fully saturated rings. The normalized spacial score (nSPS) is 14.6. The van der Waals surface area contributed by atoms with Crippen LogP contribution in [0, 0.1) is 6.92 Å². The quantitative estimate of drug-likeness (QED) is 0.721. The van der Waals surface area contributed by atoms with Gasteiger partial charge in [-0.25, -0.2) is 4.68 Å². The van der Waals surface area contributed by atoms with Crippen molar-refractivity contribution in [1.82, 2.24) is 20.4 Å². The van der Waals surface area contributed by atoms with Crippen molar-refractivity contribution in [2.24, 2.45) is 0 Å². The van der Waals surface area contributed by atoms with E-state index >= 15 is 0 Å². The van der Waals surface area contributed by atoms with Crippen molar-refractivity contribution < 1.29 is 9.21 Å². The number of carbonyl (C=O) groups is 1. The SMILES string of the molecule is Cc1ccc(-c2nn(-c3ccccc3)cc2C(=O)NC2CCNCC2)o1.Cl. The topological polar surface area (TPSA) is 72.1 Å². The summed E-state index contributed by atoms with van der Waals surface area (Å²) in [6.07, 6.45) is 3.65. The van der Waals surface area contributed by atoms with E-state index in [0.717, 1.165) is 37.4 Å². The fourth-order valence-corrected chi connectivity index (χ4v) is 3.23. The minimum absolute atomic E-state index is 0. The molecule has 1 aromatic carbocycles. The number of nitrogens with one attached hydrogen (secondary N) is 2. The number of furan rings is 1. The molecule has 3 aromatic rings. The van der Waals surface area contributed by atoms with Crippen LogP contribution in [0.4, 0.5) is 0 Å². The number of para-hydroxylation sites is 1. The van der Waals surface area contributed by atoms with Gasteiger partial charge < -0.3 is 15.1 Å². The predicted octanol–water partition coefficient (Wildman–Crippen LogP) is 3.34. The highest BCUT2D eigenvalue weighted by Gasteiger charge is 2.23. The Hall–Kier alpha value is -2.57. The maximum absolute atomic E-state index is 12.9. The second-order valence-corrected chi connectivity index (χ2v) is 6.58. The van der Waals surface area contributed by atoms with Gasteiger partial charge >= 0.3 is 0 Å². The highest BCUT2D eigenvalue weighted by atomic mass is 35.5. The molecule has 1 amide bonds. The summed E-state index contributed by atoms with van der Waals surface area (Å²) >= 11 is 0. The second kappa shape index (κ2) is 8.41. The zero-order chi connectivity index (χ0) is 17.9. The van der Waals surface area contributed by atoms with Gasteiger partial charge in [-0.2, -0.15) is 5.10 Å². The molecule has 2 aromatic heterocycles. The average Bonchev–Trinajstić information content (AvgIpc) is 3.30. The van der Waals surface area contributed by atoms with Crippen LogP contribution in [0.25, 0.3) is 17.1 Å². The van der Waals surface area contributed by atoms with E-state index in [2.05, 4.69) is 15.7 Å². The molecule has 0 saturated carbocycles. The third-order valence-electron chi connectivity index (χ3n) is 4.63. The fourth-order valence-electron chi connectivity index (χ4n) is 3.23. The Balaban J connectivity index is 0.00000210. The first-order valence-electron chi connectivity index (χ1n) is 8.94. The van der Waals surface area contributed by atoms with E-state index in [1.54, 1.807) is 10.9 Å². The Morgan fingerprint density at radius 2 is 1.93 bits per heavy atom. The molecule has 1 aliphatic heterocycles. The van der Waals surface area contributed by atoms with Crippen LogP contribution in [0.1, 0.15) is 29.0 Å². The summed E-state index contributed by atoms with van der Waals surface area (Å²) < 4.78 is 7.46. The van der Waals surface area contributed by atoms with Crippen molar-refractivity contribution in [3.05, 3.63) is 60.0 Å². The Morgan fingerprint density at radius 1 is 1.19 bits per heavy atom. The molecule has 1 aliphatic rings. The lowest BCUT2D eigenvalue weighted by Gasteiger charge is -2.23. The van der Waals surface area contributed by atoms with Crippen molar-refractivity contribution in [3.63, 3.8) is 0 Å². The first-order valence-corrected chi connectivity index (χ1v) is 8.94. The Bertz CT molecular complexity index is 898. The van der Waals surface area contributed by atoms with Gasteiger partial charge in [0.2, 0.25) is 0 Å². The molecule has 0 unspecified atom stereocenters. The number of amides is 1. The van der Waals surface area contributed by atoms with Crippen LogP contribution < -0.4 is 10.6 Å². The summed E-state index contributed by atoms with van der Waals surface area (Å²) in [5.41, 5.74) is 1.99. The molecule has 27 heavy (non-hydrogen) atoms. The Kier molecular flexibility index (Phi) is 5.98. The number of aromatic nitrogens is 2. The van der Waals surface area contributed by atoms with Crippen molar-refractivity contribution in [2.45, 2.75) is 25.8 Å².